The maximum absolute atomic E-state index is 10.8. The van der Waals surface area contributed by atoms with E-state index in [-0.39, 0.29) is 6.42 Å². The van der Waals surface area contributed by atoms with Crippen LogP contribution in [0.2, 0.25) is 0 Å². The molecule has 2 rings (SSSR count). The molecule has 0 amide bonds. The SMILES string of the molecule is COc1cc2cc(C)[nH]c2cc1CC(N)C(=O)O. The minimum Gasteiger partial charge on any atom is -0.496 e. The van der Waals surface area contributed by atoms with E-state index in [4.69, 9.17) is 15.6 Å². The Hall–Kier alpha value is -2.01. The van der Waals surface area contributed by atoms with Gasteiger partial charge in [-0.15, -0.1) is 0 Å². The fourth-order valence-electron chi connectivity index (χ4n) is 2.02. The third kappa shape index (κ3) is 2.31. The quantitative estimate of drug-likeness (QED) is 0.763. The van der Waals surface area contributed by atoms with Gasteiger partial charge in [-0.05, 0) is 30.7 Å². The van der Waals surface area contributed by atoms with E-state index in [1.165, 1.54) is 0 Å². The Bertz CT molecular complexity index is 589. The summed E-state index contributed by atoms with van der Waals surface area (Å²) in [4.78, 5) is 14.0. The summed E-state index contributed by atoms with van der Waals surface area (Å²) in [6, 6.07) is 4.87. The van der Waals surface area contributed by atoms with E-state index < -0.39 is 12.0 Å². The van der Waals surface area contributed by atoms with Crippen LogP contribution in [-0.2, 0) is 11.2 Å². The number of hydrogen-bond donors (Lipinski definition) is 3. The Morgan fingerprint density at radius 2 is 2.22 bits per heavy atom. The predicted molar refractivity (Wildman–Crippen MR) is 68.9 cm³/mol. The highest BCUT2D eigenvalue weighted by molar-refractivity contribution is 5.83. The highest BCUT2D eigenvalue weighted by Gasteiger charge is 2.16. The molecule has 1 aromatic heterocycles. The number of rotatable bonds is 4. The Morgan fingerprint density at radius 3 is 2.83 bits per heavy atom. The van der Waals surface area contributed by atoms with E-state index >= 15 is 0 Å². The lowest BCUT2D eigenvalue weighted by atomic mass is 10.0. The molecule has 0 aliphatic heterocycles. The number of aromatic nitrogens is 1. The molecule has 1 aromatic carbocycles. The van der Waals surface area contributed by atoms with E-state index in [9.17, 15) is 4.79 Å². The van der Waals surface area contributed by atoms with Gasteiger partial charge in [0.15, 0.2) is 0 Å². The molecule has 0 bridgehead atoms. The number of carboxylic acid groups (broad SMARTS) is 1. The summed E-state index contributed by atoms with van der Waals surface area (Å²) in [6.07, 6.45) is 0.243. The van der Waals surface area contributed by atoms with E-state index in [0.29, 0.717) is 5.75 Å². The van der Waals surface area contributed by atoms with Gasteiger partial charge in [0.2, 0.25) is 0 Å². The van der Waals surface area contributed by atoms with Crippen LogP contribution in [-0.4, -0.2) is 29.2 Å². The normalized spacial score (nSPS) is 12.6. The molecule has 0 aliphatic carbocycles. The first-order valence-corrected chi connectivity index (χ1v) is 5.66. The zero-order valence-electron chi connectivity index (χ0n) is 10.4. The molecule has 1 unspecified atom stereocenters. The Labute approximate surface area is 105 Å². The lowest BCUT2D eigenvalue weighted by molar-refractivity contribution is -0.138. The smallest absolute Gasteiger partial charge is 0.320 e. The first-order valence-electron chi connectivity index (χ1n) is 5.66. The van der Waals surface area contributed by atoms with Gasteiger partial charge in [-0.25, -0.2) is 0 Å². The first-order chi connectivity index (χ1) is 8.51. The topological polar surface area (TPSA) is 88.3 Å². The zero-order chi connectivity index (χ0) is 13.3. The molecule has 4 N–H and O–H groups in total. The Kier molecular flexibility index (Phi) is 3.25. The van der Waals surface area contributed by atoms with Crippen molar-refractivity contribution in [1.82, 2.24) is 4.98 Å². The number of ether oxygens (including phenoxy) is 1. The fourth-order valence-corrected chi connectivity index (χ4v) is 2.02. The van der Waals surface area contributed by atoms with Crippen LogP contribution in [0.15, 0.2) is 18.2 Å². The number of hydrogen-bond acceptors (Lipinski definition) is 3. The Balaban J connectivity index is 2.44. The van der Waals surface area contributed by atoms with Gasteiger partial charge in [-0.1, -0.05) is 0 Å². The van der Waals surface area contributed by atoms with Crippen molar-refractivity contribution in [2.75, 3.05) is 7.11 Å². The lowest BCUT2D eigenvalue weighted by Crippen LogP contribution is -2.32. The molecule has 18 heavy (non-hydrogen) atoms. The summed E-state index contributed by atoms with van der Waals surface area (Å²) in [5.74, 6) is -0.349. The van der Waals surface area contributed by atoms with Crippen LogP contribution in [0.1, 0.15) is 11.3 Å². The number of methoxy groups -OCH3 is 1. The summed E-state index contributed by atoms with van der Waals surface area (Å²) in [5, 5.41) is 9.89. The van der Waals surface area contributed by atoms with Crippen LogP contribution in [0, 0.1) is 6.92 Å². The number of nitrogens with one attached hydrogen (secondary N) is 1. The molecule has 5 nitrogen and oxygen atoms in total. The number of H-pyrrole nitrogens is 1. The highest BCUT2D eigenvalue weighted by Crippen LogP contribution is 2.27. The molecule has 2 aromatic rings. The van der Waals surface area contributed by atoms with E-state index in [0.717, 1.165) is 22.2 Å². The maximum atomic E-state index is 10.8. The largest absolute Gasteiger partial charge is 0.496 e. The molecule has 0 radical (unpaired) electrons. The minimum atomic E-state index is -1.01. The van der Waals surface area contributed by atoms with Gasteiger partial charge in [0.05, 0.1) is 7.11 Å². The molecular weight excluding hydrogens is 232 g/mol. The second-order valence-electron chi connectivity index (χ2n) is 4.35. The Morgan fingerprint density at radius 1 is 1.50 bits per heavy atom. The van der Waals surface area contributed by atoms with Crippen molar-refractivity contribution in [2.45, 2.75) is 19.4 Å². The number of fused-ring (bicyclic) bond motifs is 1. The number of aromatic amines is 1. The highest BCUT2D eigenvalue weighted by atomic mass is 16.5. The van der Waals surface area contributed by atoms with E-state index in [2.05, 4.69) is 4.98 Å². The van der Waals surface area contributed by atoms with Gasteiger partial charge in [0.25, 0.3) is 0 Å². The third-order valence-corrected chi connectivity index (χ3v) is 2.91. The zero-order valence-corrected chi connectivity index (χ0v) is 10.4. The summed E-state index contributed by atoms with van der Waals surface area (Å²) in [7, 11) is 1.57. The van der Waals surface area contributed by atoms with Crippen molar-refractivity contribution in [2.24, 2.45) is 5.73 Å². The van der Waals surface area contributed by atoms with Crippen molar-refractivity contribution in [3.8, 4) is 5.75 Å². The number of benzene rings is 1. The molecular formula is C13H16N2O3. The van der Waals surface area contributed by atoms with Crippen LogP contribution < -0.4 is 10.5 Å². The van der Waals surface area contributed by atoms with E-state index in [1.54, 1.807) is 7.11 Å². The average molecular weight is 248 g/mol. The maximum Gasteiger partial charge on any atom is 0.320 e. The van der Waals surface area contributed by atoms with Crippen molar-refractivity contribution in [3.63, 3.8) is 0 Å². The summed E-state index contributed by atoms with van der Waals surface area (Å²) in [5.41, 5.74) is 8.36. The number of nitrogens with two attached hydrogens (primary N) is 1. The van der Waals surface area contributed by atoms with Crippen LogP contribution in [0.5, 0.6) is 5.75 Å². The van der Waals surface area contributed by atoms with Crippen molar-refractivity contribution < 1.29 is 14.6 Å². The molecule has 0 spiro atoms. The van der Waals surface area contributed by atoms with Crippen LogP contribution in [0.3, 0.4) is 0 Å². The number of aliphatic carboxylic acids is 1. The van der Waals surface area contributed by atoms with Crippen LogP contribution in [0.25, 0.3) is 10.9 Å². The first kappa shape index (κ1) is 12.4. The number of carbonyl (C=O) groups is 1. The van der Waals surface area contributed by atoms with Gasteiger partial charge in [-0.2, -0.15) is 0 Å². The standard InChI is InChI=1S/C13H16N2O3/c1-7-3-8-6-12(18-2)9(5-11(8)15-7)4-10(14)13(16)17/h3,5-6,10,15H,4,14H2,1-2H3,(H,16,17). The predicted octanol–water partition coefficient (Wildman–Crippen LogP) is 1.44. The van der Waals surface area contributed by atoms with Crippen molar-refractivity contribution in [1.29, 1.82) is 0 Å². The minimum absolute atomic E-state index is 0.243. The number of carboxylic acids is 1. The van der Waals surface area contributed by atoms with Gasteiger partial charge in [0.1, 0.15) is 11.8 Å². The molecule has 1 atom stereocenters. The lowest BCUT2D eigenvalue weighted by Gasteiger charge is -2.11. The molecule has 5 heteroatoms. The fraction of sp³-hybridized carbons (Fsp3) is 0.308. The molecule has 0 saturated carbocycles. The van der Waals surface area contributed by atoms with Gasteiger partial charge < -0.3 is 20.6 Å². The molecule has 0 fully saturated rings. The molecule has 0 aliphatic rings. The monoisotopic (exact) mass is 248 g/mol. The molecule has 96 valence electrons. The van der Waals surface area contributed by atoms with Crippen LogP contribution >= 0.6 is 0 Å². The molecule has 0 saturated heterocycles. The molecule has 1 heterocycles. The second-order valence-corrected chi connectivity index (χ2v) is 4.35. The van der Waals surface area contributed by atoms with Gasteiger partial charge >= 0.3 is 5.97 Å². The van der Waals surface area contributed by atoms with Crippen molar-refractivity contribution >= 4 is 16.9 Å². The van der Waals surface area contributed by atoms with Crippen LogP contribution in [0.4, 0.5) is 0 Å². The summed E-state index contributed by atoms with van der Waals surface area (Å²) in [6.45, 7) is 1.97. The summed E-state index contributed by atoms with van der Waals surface area (Å²) < 4.78 is 5.28. The van der Waals surface area contributed by atoms with Gasteiger partial charge in [0, 0.05) is 23.0 Å². The number of aryl methyl sites for hydroxylation is 1. The van der Waals surface area contributed by atoms with E-state index in [1.807, 2.05) is 25.1 Å². The average Bonchev–Trinajstić information content (AvgIpc) is 2.66. The third-order valence-electron chi connectivity index (χ3n) is 2.91. The van der Waals surface area contributed by atoms with Crippen molar-refractivity contribution in [3.05, 3.63) is 29.5 Å². The van der Waals surface area contributed by atoms with Gasteiger partial charge in [-0.3, -0.25) is 4.79 Å². The summed E-state index contributed by atoms with van der Waals surface area (Å²) >= 11 is 0. The second kappa shape index (κ2) is 4.70.